The number of aryl methyl sites for hydroxylation is 1. The Labute approximate surface area is 151 Å². The van der Waals surface area contributed by atoms with Crippen LogP contribution < -0.4 is 10.1 Å². The van der Waals surface area contributed by atoms with Crippen LogP contribution in [0.4, 0.5) is 5.13 Å². The van der Waals surface area contributed by atoms with Crippen LogP contribution in [0.3, 0.4) is 0 Å². The fraction of sp³-hybridized carbons (Fsp3) is 0.389. The number of amides is 2. The Bertz CT molecular complexity index is 797. The molecule has 25 heavy (non-hydrogen) atoms. The molecule has 0 bridgehead atoms. The number of aromatic nitrogens is 1. The largest absolute Gasteiger partial charge is 0.496 e. The monoisotopic (exact) mass is 361 g/mol. The summed E-state index contributed by atoms with van der Waals surface area (Å²) >= 11 is 1.18. The number of methoxy groups -OCH3 is 1. The Hall–Kier alpha value is -2.41. The van der Waals surface area contributed by atoms with E-state index in [0.717, 1.165) is 5.56 Å². The van der Waals surface area contributed by atoms with E-state index in [1.54, 1.807) is 28.1 Å². The Morgan fingerprint density at radius 1 is 1.24 bits per heavy atom. The lowest BCUT2D eigenvalue weighted by Crippen LogP contribution is -2.35. The van der Waals surface area contributed by atoms with Gasteiger partial charge in [0.25, 0.3) is 5.91 Å². The predicted molar refractivity (Wildman–Crippen MR) is 99.5 cm³/mol. The predicted octanol–water partition coefficient (Wildman–Crippen LogP) is 3.08. The zero-order valence-corrected chi connectivity index (χ0v) is 16.2. The third kappa shape index (κ3) is 3.82. The quantitative estimate of drug-likeness (QED) is 0.888. The third-order valence-electron chi connectivity index (χ3n) is 3.97. The maximum Gasteiger partial charge on any atom is 0.265 e. The molecule has 1 heterocycles. The summed E-state index contributed by atoms with van der Waals surface area (Å²) in [7, 11) is 4.95. The van der Waals surface area contributed by atoms with E-state index in [2.05, 4.69) is 10.3 Å². The first-order valence-electron chi connectivity index (χ1n) is 7.82. The molecule has 2 amide bonds. The second kappa shape index (κ2) is 7.23. The number of benzene rings is 1. The summed E-state index contributed by atoms with van der Waals surface area (Å²) in [6.45, 7) is 5.41. The van der Waals surface area contributed by atoms with Gasteiger partial charge in [-0.3, -0.25) is 9.59 Å². The van der Waals surface area contributed by atoms with E-state index in [1.165, 1.54) is 16.2 Å². The van der Waals surface area contributed by atoms with E-state index in [4.69, 9.17) is 4.74 Å². The van der Waals surface area contributed by atoms with Gasteiger partial charge in [-0.2, -0.15) is 0 Å². The van der Waals surface area contributed by atoms with Crippen LogP contribution in [0.15, 0.2) is 24.3 Å². The van der Waals surface area contributed by atoms with Crippen LogP contribution in [0, 0.1) is 6.92 Å². The van der Waals surface area contributed by atoms with Gasteiger partial charge in [-0.05, 0) is 26.8 Å². The van der Waals surface area contributed by atoms with Crippen LogP contribution >= 0.6 is 11.3 Å². The molecule has 0 atom stereocenters. The molecule has 0 saturated heterocycles. The number of para-hydroxylation sites is 1. The van der Waals surface area contributed by atoms with Gasteiger partial charge >= 0.3 is 0 Å². The number of nitrogens with zero attached hydrogens (tertiary/aromatic N) is 2. The van der Waals surface area contributed by atoms with Gasteiger partial charge in [-0.1, -0.05) is 29.5 Å². The molecule has 0 spiro atoms. The molecule has 0 unspecified atom stereocenters. The van der Waals surface area contributed by atoms with E-state index in [1.807, 2.05) is 38.1 Å². The summed E-state index contributed by atoms with van der Waals surface area (Å²) in [4.78, 5) is 31.3. The van der Waals surface area contributed by atoms with Crippen LogP contribution in [0.2, 0.25) is 0 Å². The molecule has 0 aliphatic rings. The molecule has 2 rings (SSSR count). The Kier molecular flexibility index (Phi) is 5.47. The summed E-state index contributed by atoms with van der Waals surface area (Å²) in [5, 5.41) is 3.24. The number of nitrogens with one attached hydrogen (secondary N) is 1. The summed E-state index contributed by atoms with van der Waals surface area (Å²) in [5.41, 5.74) is 0.569. The van der Waals surface area contributed by atoms with Crippen molar-refractivity contribution >= 4 is 28.3 Å². The zero-order valence-electron chi connectivity index (χ0n) is 15.3. The van der Waals surface area contributed by atoms with E-state index in [0.29, 0.717) is 21.5 Å². The van der Waals surface area contributed by atoms with Crippen molar-refractivity contribution in [2.75, 3.05) is 26.5 Å². The summed E-state index contributed by atoms with van der Waals surface area (Å²) in [6.07, 6.45) is 0. The molecular weight excluding hydrogens is 338 g/mol. The number of hydrogen-bond acceptors (Lipinski definition) is 5. The molecule has 7 heteroatoms. The second-order valence-electron chi connectivity index (χ2n) is 6.41. The van der Waals surface area contributed by atoms with Crippen molar-refractivity contribution in [2.24, 2.45) is 0 Å². The third-order valence-corrected chi connectivity index (χ3v) is 5.03. The second-order valence-corrected chi connectivity index (χ2v) is 7.41. The first kappa shape index (κ1) is 18.9. The molecule has 6 nitrogen and oxygen atoms in total. The van der Waals surface area contributed by atoms with Gasteiger partial charge in [0, 0.05) is 19.7 Å². The van der Waals surface area contributed by atoms with Crippen LogP contribution in [-0.2, 0) is 10.2 Å². The van der Waals surface area contributed by atoms with Crippen molar-refractivity contribution in [2.45, 2.75) is 26.2 Å². The van der Waals surface area contributed by atoms with Crippen molar-refractivity contribution < 1.29 is 14.3 Å². The van der Waals surface area contributed by atoms with Gasteiger partial charge < -0.3 is 15.0 Å². The molecule has 1 aromatic carbocycles. The molecular formula is C18H23N3O3S. The van der Waals surface area contributed by atoms with E-state index in [-0.39, 0.29) is 11.8 Å². The van der Waals surface area contributed by atoms with Crippen molar-refractivity contribution in [3.8, 4) is 5.75 Å². The number of ether oxygens (including phenoxy) is 1. The molecule has 0 radical (unpaired) electrons. The maximum absolute atomic E-state index is 12.8. The molecule has 0 aliphatic carbocycles. The van der Waals surface area contributed by atoms with Crippen molar-refractivity contribution in [3.63, 3.8) is 0 Å². The fourth-order valence-corrected chi connectivity index (χ4v) is 3.37. The SMILES string of the molecule is COc1ccccc1C(C)(C)C(=O)Nc1nc(C)c(C(=O)N(C)C)s1. The smallest absolute Gasteiger partial charge is 0.265 e. The minimum Gasteiger partial charge on any atom is -0.496 e. The lowest BCUT2D eigenvalue weighted by Gasteiger charge is -2.25. The first-order chi connectivity index (χ1) is 11.7. The van der Waals surface area contributed by atoms with Gasteiger partial charge in [0.05, 0.1) is 18.2 Å². The van der Waals surface area contributed by atoms with Crippen LogP contribution in [0.1, 0.15) is 34.8 Å². The van der Waals surface area contributed by atoms with Crippen LogP contribution in [0.5, 0.6) is 5.75 Å². The highest BCUT2D eigenvalue weighted by Gasteiger charge is 2.33. The first-order valence-corrected chi connectivity index (χ1v) is 8.64. The molecule has 0 fully saturated rings. The van der Waals surface area contributed by atoms with Crippen molar-refractivity contribution in [1.82, 2.24) is 9.88 Å². The normalized spacial score (nSPS) is 11.1. The average Bonchev–Trinajstić information content (AvgIpc) is 2.94. The Morgan fingerprint density at radius 3 is 2.48 bits per heavy atom. The summed E-state index contributed by atoms with van der Waals surface area (Å²) in [5.74, 6) is 0.315. The lowest BCUT2D eigenvalue weighted by molar-refractivity contribution is -0.120. The summed E-state index contributed by atoms with van der Waals surface area (Å²) < 4.78 is 5.37. The zero-order chi connectivity index (χ0) is 18.8. The Morgan fingerprint density at radius 2 is 1.88 bits per heavy atom. The molecule has 0 aliphatic heterocycles. The number of rotatable bonds is 5. The minimum absolute atomic E-state index is 0.125. The average molecular weight is 361 g/mol. The lowest BCUT2D eigenvalue weighted by atomic mass is 9.83. The van der Waals surface area contributed by atoms with Gasteiger partial charge in [0.1, 0.15) is 10.6 Å². The molecule has 0 saturated carbocycles. The van der Waals surface area contributed by atoms with Crippen LogP contribution in [0.25, 0.3) is 0 Å². The maximum atomic E-state index is 12.8. The van der Waals surface area contributed by atoms with E-state index >= 15 is 0 Å². The summed E-state index contributed by atoms with van der Waals surface area (Å²) in [6, 6.07) is 7.42. The highest BCUT2D eigenvalue weighted by molar-refractivity contribution is 7.17. The van der Waals surface area contributed by atoms with Gasteiger partial charge in [-0.15, -0.1) is 0 Å². The molecule has 134 valence electrons. The Balaban J connectivity index is 2.27. The fourth-order valence-electron chi connectivity index (χ4n) is 2.39. The number of thiazole rings is 1. The highest BCUT2D eigenvalue weighted by Crippen LogP contribution is 2.33. The highest BCUT2D eigenvalue weighted by atomic mass is 32.1. The van der Waals surface area contributed by atoms with Gasteiger partial charge in [0.15, 0.2) is 5.13 Å². The van der Waals surface area contributed by atoms with Crippen LogP contribution in [-0.4, -0.2) is 42.9 Å². The van der Waals surface area contributed by atoms with Crippen molar-refractivity contribution in [1.29, 1.82) is 0 Å². The van der Waals surface area contributed by atoms with E-state index < -0.39 is 5.41 Å². The molecule has 2 aromatic rings. The number of carbonyl (C=O) groups excluding carboxylic acids is 2. The molecule has 1 N–H and O–H groups in total. The van der Waals surface area contributed by atoms with Crippen molar-refractivity contribution in [3.05, 3.63) is 40.4 Å². The van der Waals surface area contributed by atoms with E-state index in [9.17, 15) is 9.59 Å². The van der Waals surface area contributed by atoms with Gasteiger partial charge in [-0.25, -0.2) is 4.98 Å². The standard InChI is InChI=1S/C18H23N3O3S/c1-11-14(15(22)21(4)5)25-17(19-11)20-16(23)18(2,3)12-9-7-8-10-13(12)24-6/h7-10H,1-6H3,(H,19,20,23). The number of anilines is 1. The number of carbonyl (C=O) groups is 2. The topological polar surface area (TPSA) is 71.5 Å². The minimum atomic E-state index is -0.822. The van der Waals surface area contributed by atoms with Gasteiger partial charge in [0.2, 0.25) is 5.91 Å². The number of hydrogen-bond donors (Lipinski definition) is 1. The molecule has 1 aromatic heterocycles.